The fourth-order valence-corrected chi connectivity index (χ4v) is 2.58. The van der Waals surface area contributed by atoms with Crippen molar-refractivity contribution in [2.24, 2.45) is 0 Å². The molecule has 0 bridgehead atoms. The second-order valence-corrected chi connectivity index (χ2v) is 5.51. The van der Waals surface area contributed by atoms with Crippen LogP contribution in [0.25, 0.3) is 0 Å². The summed E-state index contributed by atoms with van der Waals surface area (Å²) in [5.41, 5.74) is 1.20. The standard InChI is InChI=1S/C17H13ClN2O4/c1-2-24-14-6-3-9(18)7-13(14)17(23)19-10-4-5-11-12(8-10)16(22)20-15(11)21/h3-8H,2H2,1H3,(H,19,23)(H,20,21,22). The lowest BCUT2D eigenvalue weighted by Crippen LogP contribution is -2.19. The Morgan fingerprint density at radius 3 is 2.62 bits per heavy atom. The van der Waals surface area contributed by atoms with Crippen molar-refractivity contribution in [1.29, 1.82) is 0 Å². The van der Waals surface area contributed by atoms with Gasteiger partial charge in [-0.3, -0.25) is 19.7 Å². The first-order valence-electron chi connectivity index (χ1n) is 7.23. The summed E-state index contributed by atoms with van der Waals surface area (Å²) in [4.78, 5) is 35.7. The molecule has 0 unspecified atom stereocenters. The molecule has 0 fully saturated rings. The zero-order valence-corrected chi connectivity index (χ0v) is 13.4. The smallest absolute Gasteiger partial charge is 0.259 e. The Hall–Kier alpha value is -2.86. The zero-order chi connectivity index (χ0) is 17.3. The summed E-state index contributed by atoms with van der Waals surface area (Å²) in [6, 6.07) is 9.26. The van der Waals surface area contributed by atoms with Gasteiger partial charge in [0.1, 0.15) is 5.75 Å². The van der Waals surface area contributed by atoms with Crippen LogP contribution in [0.5, 0.6) is 5.75 Å². The van der Waals surface area contributed by atoms with Gasteiger partial charge in [0.05, 0.1) is 23.3 Å². The van der Waals surface area contributed by atoms with Gasteiger partial charge in [-0.2, -0.15) is 0 Å². The third kappa shape index (κ3) is 2.96. The normalized spacial score (nSPS) is 12.6. The van der Waals surface area contributed by atoms with Crippen LogP contribution in [-0.2, 0) is 0 Å². The highest BCUT2D eigenvalue weighted by molar-refractivity contribution is 6.31. The fourth-order valence-electron chi connectivity index (χ4n) is 2.41. The van der Waals surface area contributed by atoms with Gasteiger partial charge in [0.15, 0.2) is 0 Å². The molecule has 1 heterocycles. The Kier molecular flexibility index (Phi) is 4.22. The number of halogens is 1. The van der Waals surface area contributed by atoms with Crippen molar-refractivity contribution >= 4 is 35.0 Å². The number of hydrogen-bond donors (Lipinski definition) is 2. The van der Waals surface area contributed by atoms with Gasteiger partial charge in [-0.05, 0) is 43.3 Å². The quantitative estimate of drug-likeness (QED) is 0.835. The number of rotatable bonds is 4. The number of ether oxygens (including phenoxy) is 1. The van der Waals surface area contributed by atoms with Crippen molar-refractivity contribution < 1.29 is 19.1 Å². The van der Waals surface area contributed by atoms with Crippen LogP contribution in [0.4, 0.5) is 5.69 Å². The van der Waals surface area contributed by atoms with Crippen molar-refractivity contribution in [2.45, 2.75) is 6.92 Å². The molecule has 6 nitrogen and oxygen atoms in total. The lowest BCUT2D eigenvalue weighted by molar-refractivity contribution is 0.0878. The predicted octanol–water partition coefficient (Wildman–Crippen LogP) is 2.87. The molecule has 0 saturated carbocycles. The average Bonchev–Trinajstić information content (AvgIpc) is 2.83. The van der Waals surface area contributed by atoms with E-state index >= 15 is 0 Å². The number of carbonyl (C=O) groups is 3. The van der Waals surface area contributed by atoms with Crippen molar-refractivity contribution in [3.63, 3.8) is 0 Å². The van der Waals surface area contributed by atoms with Crippen LogP contribution in [0.3, 0.4) is 0 Å². The second kappa shape index (κ2) is 6.33. The van der Waals surface area contributed by atoms with Gasteiger partial charge >= 0.3 is 0 Å². The van der Waals surface area contributed by atoms with Crippen LogP contribution in [0, 0.1) is 0 Å². The first kappa shape index (κ1) is 16.0. The second-order valence-electron chi connectivity index (χ2n) is 5.07. The molecule has 0 spiro atoms. The van der Waals surface area contributed by atoms with Crippen LogP contribution in [-0.4, -0.2) is 24.3 Å². The molecule has 2 aromatic carbocycles. The van der Waals surface area contributed by atoms with E-state index < -0.39 is 17.7 Å². The zero-order valence-electron chi connectivity index (χ0n) is 12.7. The number of anilines is 1. The van der Waals surface area contributed by atoms with E-state index in [1.807, 2.05) is 6.92 Å². The Morgan fingerprint density at radius 2 is 1.88 bits per heavy atom. The molecule has 0 radical (unpaired) electrons. The van der Waals surface area contributed by atoms with E-state index in [0.29, 0.717) is 23.1 Å². The van der Waals surface area contributed by atoms with Crippen LogP contribution in [0.1, 0.15) is 38.0 Å². The molecule has 1 aliphatic heterocycles. The molecule has 7 heteroatoms. The van der Waals surface area contributed by atoms with Crippen LogP contribution < -0.4 is 15.4 Å². The molecule has 0 saturated heterocycles. The molecule has 122 valence electrons. The Balaban J connectivity index is 1.89. The number of amides is 3. The maximum atomic E-state index is 12.5. The minimum atomic E-state index is -0.483. The van der Waals surface area contributed by atoms with E-state index in [9.17, 15) is 14.4 Å². The summed E-state index contributed by atoms with van der Waals surface area (Å²) in [7, 11) is 0. The molecule has 0 atom stereocenters. The Bertz CT molecular complexity index is 864. The summed E-state index contributed by atoms with van der Waals surface area (Å²) in [6.07, 6.45) is 0. The summed E-state index contributed by atoms with van der Waals surface area (Å²) >= 11 is 5.95. The van der Waals surface area contributed by atoms with Crippen molar-refractivity contribution in [1.82, 2.24) is 5.32 Å². The van der Waals surface area contributed by atoms with E-state index in [-0.39, 0.29) is 16.7 Å². The maximum absolute atomic E-state index is 12.5. The lowest BCUT2D eigenvalue weighted by Gasteiger charge is -2.11. The monoisotopic (exact) mass is 344 g/mol. The average molecular weight is 345 g/mol. The van der Waals surface area contributed by atoms with Crippen molar-refractivity contribution in [3.05, 3.63) is 58.1 Å². The molecule has 1 aliphatic rings. The highest BCUT2D eigenvalue weighted by atomic mass is 35.5. The Morgan fingerprint density at radius 1 is 1.12 bits per heavy atom. The van der Waals surface area contributed by atoms with Gasteiger partial charge in [-0.15, -0.1) is 0 Å². The van der Waals surface area contributed by atoms with Gasteiger partial charge in [-0.1, -0.05) is 11.6 Å². The molecule has 3 amide bonds. The fraction of sp³-hybridized carbons (Fsp3) is 0.118. The topological polar surface area (TPSA) is 84.5 Å². The molecule has 2 N–H and O–H groups in total. The molecule has 0 aliphatic carbocycles. The van der Waals surface area contributed by atoms with Gasteiger partial charge < -0.3 is 10.1 Å². The number of imide groups is 1. The molecule has 24 heavy (non-hydrogen) atoms. The largest absolute Gasteiger partial charge is 0.493 e. The number of fused-ring (bicyclic) bond motifs is 1. The molecule has 0 aromatic heterocycles. The van der Waals surface area contributed by atoms with Gasteiger partial charge in [0.25, 0.3) is 17.7 Å². The minimum absolute atomic E-state index is 0.230. The van der Waals surface area contributed by atoms with E-state index in [2.05, 4.69) is 10.6 Å². The van der Waals surface area contributed by atoms with Gasteiger partial charge in [-0.25, -0.2) is 0 Å². The third-order valence-corrected chi connectivity index (χ3v) is 3.71. The predicted molar refractivity (Wildman–Crippen MR) is 88.8 cm³/mol. The third-order valence-electron chi connectivity index (χ3n) is 3.48. The number of hydrogen-bond acceptors (Lipinski definition) is 4. The molecule has 2 aromatic rings. The van der Waals surface area contributed by atoms with Crippen molar-refractivity contribution in [3.8, 4) is 5.75 Å². The molecule has 3 rings (SSSR count). The van der Waals surface area contributed by atoms with Crippen LogP contribution in [0.15, 0.2) is 36.4 Å². The van der Waals surface area contributed by atoms with E-state index in [0.717, 1.165) is 0 Å². The summed E-state index contributed by atoms with van der Waals surface area (Å²) < 4.78 is 5.43. The highest BCUT2D eigenvalue weighted by Gasteiger charge is 2.27. The molecular formula is C17H13ClN2O4. The number of benzene rings is 2. The van der Waals surface area contributed by atoms with E-state index in [1.54, 1.807) is 18.2 Å². The summed E-state index contributed by atoms with van der Waals surface area (Å²) in [5.74, 6) is -0.940. The minimum Gasteiger partial charge on any atom is -0.493 e. The van der Waals surface area contributed by atoms with Crippen LogP contribution >= 0.6 is 11.6 Å². The van der Waals surface area contributed by atoms with Gasteiger partial charge in [0.2, 0.25) is 0 Å². The molecular weight excluding hydrogens is 332 g/mol. The van der Waals surface area contributed by atoms with E-state index in [4.69, 9.17) is 16.3 Å². The first-order valence-corrected chi connectivity index (χ1v) is 7.61. The van der Waals surface area contributed by atoms with Crippen molar-refractivity contribution in [2.75, 3.05) is 11.9 Å². The summed E-state index contributed by atoms with van der Waals surface area (Å²) in [6.45, 7) is 2.22. The van der Waals surface area contributed by atoms with E-state index in [1.165, 1.54) is 18.2 Å². The highest BCUT2D eigenvalue weighted by Crippen LogP contribution is 2.25. The Labute approximate surface area is 142 Å². The maximum Gasteiger partial charge on any atom is 0.259 e. The lowest BCUT2D eigenvalue weighted by atomic mass is 10.1. The first-order chi connectivity index (χ1) is 11.5. The SMILES string of the molecule is CCOc1ccc(Cl)cc1C(=O)Nc1ccc2c(c1)C(=O)NC2=O. The number of nitrogens with one attached hydrogen (secondary N) is 2. The number of carbonyl (C=O) groups excluding carboxylic acids is 3. The van der Waals surface area contributed by atoms with Gasteiger partial charge in [0, 0.05) is 10.7 Å². The summed E-state index contributed by atoms with van der Waals surface area (Å²) in [5, 5.41) is 5.29. The van der Waals surface area contributed by atoms with Crippen LogP contribution in [0.2, 0.25) is 5.02 Å².